The molecule has 1 N–H and O–H groups in total. The number of carbonyl (C=O) groups is 2. The molecule has 2 aliphatic heterocycles. The summed E-state index contributed by atoms with van der Waals surface area (Å²) in [5, 5.41) is 3.16. The summed E-state index contributed by atoms with van der Waals surface area (Å²) in [7, 11) is 0. The van der Waals surface area contributed by atoms with Gasteiger partial charge >= 0.3 is 0 Å². The van der Waals surface area contributed by atoms with Crippen LogP contribution in [0.5, 0.6) is 0 Å². The molecule has 1 unspecified atom stereocenters. The van der Waals surface area contributed by atoms with E-state index in [9.17, 15) is 9.59 Å². The van der Waals surface area contributed by atoms with Crippen LogP contribution in [0.4, 0.5) is 11.4 Å². The Kier molecular flexibility index (Phi) is 4.14. The number of benzene rings is 2. The first-order valence-electron chi connectivity index (χ1n) is 8.74. The molecule has 0 saturated carbocycles. The zero-order valence-corrected chi connectivity index (χ0v) is 14.0. The molecule has 1 atom stereocenters. The van der Waals surface area contributed by atoms with E-state index in [1.165, 1.54) is 0 Å². The number of rotatable bonds is 3. The number of anilines is 2. The summed E-state index contributed by atoms with van der Waals surface area (Å²) in [6.45, 7) is 1.94. The second kappa shape index (κ2) is 6.59. The lowest BCUT2D eigenvalue weighted by Crippen LogP contribution is -2.54. The number of likely N-dealkylation sites (tertiary alicyclic amines) is 1. The fourth-order valence-electron chi connectivity index (χ4n) is 3.54. The van der Waals surface area contributed by atoms with Crippen molar-refractivity contribution < 1.29 is 9.59 Å². The fourth-order valence-corrected chi connectivity index (χ4v) is 3.54. The predicted molar refractivity (Wildman–Crippen MR) is 97.3 cm³/mol. The van der Waals surface area contributed by atoms with Crippen LogP contribution in [0.3, 0.4) is 0 Å². The largest absolute Gasteiger partial charge is 0.364 e. The maximum Gasteiger partial charge on any atom is 0.259 e. The van der Waals surface area contributed by atoms with Crippen molar-refractivity contribution in [2.75, 3.05) is 23.3 Å². The first-order chi connectivity index (χ1) is 12.2. The van der Waals surface area contributed by atoms with Gasteiger partial charge in [0.1, 0.15) is 0 Å². The lowest BCUT2D eigenvalue weighted by molar-refractivity contribution is -0.135. The van der Waals surface area contributed by atoms with Crippen LogP contribution in [0.25, 0.3) is 0 Å². The third-order valence-corrected chi connectivity index (χ3v) is 4.86. The van der Waals surface area contributed by atoms with Crippen LogP contribution >= 0.6 is 0 Å². The summed E-state index contributed by atoms with van der Waals surface area (Å²) in [5.41, 5.74) is 2.69. The number of nitrogens with one attached hydrogen (secondary N) is 1. The fraction of sp³-hybridized carbons (Fsp3) is 0.300. The second-order valence-corrected chi connectivity index (χ2v) is 6.54. The Balaban J connectivity index is 1.66. The number of nitrogens with zero attached hydrogens (tertiary/aromatic N) is 2. The molecule has 5 heteroatoms. The number of hydrogen-bond acceptors (Lipinski definition) is 3. The van der Waals surface area contributed by atoms with Gasteiger partial charge in [-0.15, -0.1) is 0 Å². The predicted octanol–water partition coefficient (Wildman–Crippen LogP) is 2.64. The van der Waals surface area contributed by atoms with Crippen LogP contribution in [-0.2, 0) is 16.1 Å². The minimum Gasteiger partial charge on any atom is -0.364 e. The molecule has 0 radical (unpaired) electrons. The molecule has 0 bridgehead atoms. The molecule has 2 aliphatic rings. The average molecular weight is 335 g/mol. The molecule has 25 heavy (non-hydrogen) atoms. The van der Waals surface area contributed by atoms with Crippen LogP contribution < -0.4 is 10.2 Å². The molecule has 1 saturated heterocycles. The molecular formula is C20H21N3O2. The number of hydrogen-bond donors (Lipinski definition) is 1. The maximum atomic E-state index is 13.1. The van der Waals surface area contributed by atoms with Gasteiger partial charge in [-0.3, -0.25) is 9.59 Å². The van der Waals surface area contributed by atoms with E-state index < -0.39 is 6.04 Å². The maximum absolute atomic E-state index is 13.1. The molecular weight excluding hydrogens is 314 g/mol. The van der Waals surface area contributed by atoms with Gasteiger partial charge in [0.15, 0.2) is 6.04 Å². The van der Waals surface area contributed by atoms with E-state index in [1.54, 1.807) is 9.80 Å². The van der Waals surface area contributed by atoms with E-state index in [2.05, 4.69) is 5.32 Å². The molecule has 2 amide bonds. The van der Waals surface area contributed by atoms with E-state index in [0.29, 0.717) is 6.54 Å². The van der Waals surface area contributed by atoms with Gasteiger partial charge in [0.2, 0.25) is 0 Å². The van der Waals surface area contributed by atoms with Crippen LogP contribution in [0.1, 0.15) is 18.4 Å². The van der Waals surface area contributed by atoms with Crippen molar-refractivity contribution in [1.29, 1.82) is 0 Å². The Labute approximate surface area is 147 Å². The number of carbonyl (C=O) groups excluding carboxylic acids is 2. The van der Waals surface area contributed by atoms with Crippen molar-refractivity contribution in [3.05, 3.63) is 60.2 Å². The van der Waals surface area contributed by atoms with Crippen LogP contribution in [0.15, 0.2) is 54.6 Å². The molecule has 0 aliphatic carbocycles. The normalized spacial score (nSPS) is 19.5. The van der Waals surface area contributed by atoms with E-state index in [0.717, 1.165) is 42.9 Å². The Bertz CT molecular complexity index is 785. The standard InChI is InChI=1S/C20H21N3O2/c24-19(22-12-6-7-13-22)18-20(25)23(14-15-8-2-1-3-9-15)17-11-5-4-10-16(17)21-18/h1-5,8-11,18,21H,6-7,12-14H2. The minimum atomic E-state index is -0.836. The highest BCUT2D eigenvalue weighted by atomic mass is 16.2. The quantitative estimate of drug-likeness (QED) is 0.878. The third kappa shape index (κ3) is 2.97. The van der Waals surface area contributed by atoms with Gasteiger partial charge in [-0.05, 0) is 30.5 Å². The first-order valence-corrected chi connectivity index (χ1v) is 8.74. The lowest BCUT2D eigenvalue weighted by Gasteiger charge is -2.36. The van der Waals surface area contributed by atoms with Crippen molar-refractivity contribution in [3.8, 4) is 0 Å². The number of para-hydroxylation sites is 2. The van der Waals surface area contributed by atoms with E-state index in [4.69, 9.17) is 0 Å². The smallest absolute Gasteiger partial charge is 0.259 e. The highest BCUT2D eigenvalue weighted by Gasteiger charge is 2.39. The molecule has 0 spiro atoms. The average Bonchev–Trinajstić information content (AvgIpc) is 3.19. The van der Waals surface area contributed by atoms with Crippen molar-refractivity contribution in [2.45, 2.75) is 25.4 Å². The van der Waals surface area contributed by atoms with Crippen molar-refractivity contribution >= 4 is 23.2 Å². The summed E-state index contributed by atoms with van der Waals surface area (Å²) < 4.78 is 0. The third-order valence-electron chi connectivity index (χ3n) is 4.86. The summed E-state index contributed by atoms with van der Waals surface area (Å²) in [4.78, 5) is 29.5. The van der Waals surface area contributed by atoms with Gasteiger partial charge in [-0.1, -0.05) is 42.5 Å². The summed E-state index contributed by atoms with van der Waals surface area (Å²) in [6.07, 6.45) is 2.02. The zero-order chi connectivity index (χ0) is 17.2. The lowest BCUT2D eigenvalue weighted by atomic mass is 10.1. The summed E-state index contributed by atoms with van der Waals surface area (Å²) >= 11 is 0. The van der Waals surface area contributed by atoms with Crippen LogP contribution in [0, 0.1) is 0 Å². The monoisotopic (exact) mass is 335 g/mol. The van der Waals surface area contributed by atoms with Crippen molar-refractivity contribution in [1.82, 2.24) is 4.90 Å². The van der Waals surface area contributed by atoms with Crippen LogP contribution in [0.2, 0.25) is 0 Å². The van der Waals surface area contributed by atoms with E-state index in [-0.39, 0.29) is 11.8 Å². The van der Waals surface area contributed by atoms with Gasteiger partial charge in [-0.2, -0.15) is 0 Å². The molecule has 5 nitrogen and oxygen atoms in total. The van der Waals surface area contributed by atoms with Crippen molar-refractivity contribution in [2.24, 2.45) is 0 Å². The Morgan fingerprint density at radius 3 is 2.44 bits per heavy atom. The molecule has 2 aromatic carbocycles. The molecule has 4 rings (SSSR count). The van der Waals surface area contributed by atoms with Gasteiger partial charge in [-0.25, -0.2) is 0 Å². The van der Waals surface area contributed by atoms with Gasteiger partial charge < -0.3 is 15.1 Å². The van der Waals surface area contributed by atoms with Crippen LogP contribution in [-0.4, -0.2) is 35.8 Å². The summed E-state index contributed by atoms with van der Waals surface area (Å²) in [5.74, 6) is -0.297. The molecule has 1 fully saturated rings. The Morgan fingerprint density at radius 2 is 1.68 bits per heavy atom. The molecule has 2 heterocycles. The number of fused-ring (bicyclic) bond motifs is 1. The zero-order valence-electron chi connectivity index (χ0n) is 14.0. The molecule has 128 valence electrons. The number of amides is 2. The van der Waals surface area contributed by atoms with E-state index >= 15 is 0 Å². The molecule has 0 aromatic heterocycles. The van der Waals surface area contributed by atoms with Crippen molar-refractivity contribution in [3.63, 3.8) is 0 Å². The summed E-state index contributed by atoms with van der Waals surface area (Å²) in [6, 6.07) is 16.7. The highest BCUT2D eigenvalue weighted by molar-refractivity contribution is 6.16. The first kappa shape index (κ1) is 15.7. The van der Waals surface area contributed by atoms with E-state index in [1.807, 2.05) is 54.6 Å². The van der Waals surface area contributed by atoms with Gasteiger partial charge in [0.05, 0.1) is 17.9 Å². The Hall–Kier alpha value is -2.82. The highest BCUT2D eigenvalue weighted by Crippen LogP contribution is 2.33. The van der Waals surface area contributed by atoms with Gasteiger partial charge in [0.25, 0.3) is 11.8 Å². The second-order valence-electron chi connectivity index (χ2n) is 6.54. The Morgan fingerprint density at radius 1 is 1.00 bits per heavy atom. The SMILES string of the molecule is O=C(C1Nc2ccccc2N(Cc2ccccc2)C1=O)N1CCCC1. The molecule has 2 aromatic rings. The topological polar surface area (TPSA) is 52.7 Å². The van der Waals surface area contributed by atoms with Gasteiger partial charge in [0, 0.05) is 13.1 Å². The minimum absolute atomic E-state index is 0.116.